The van der Waals surface area contributed by atoms with Crippen LogP contribution in [0, 0.1) is 6.92 Å². The Labute approximate surface area is 160 Å². The molecule has 0 spiro atoms. The number of hydrogen-bond acceptors (Lipinski definition) is 5. The summed E-state index contributed by atoms with van der Waals surface area (Å²) in [5.74, 6) is 1.05. The molecule has 0 radical (unpaired) electrons. The number of amides is 1. The number of ether oxygens (including phenoxy) is 1. The van der Waals surface area contributed by atoms with E-state index in [1.807, 2.05) is 49.4 Å². The lowest BCUT2D eigenvalue weighted by Crippen LogP contribution is -2.14. The smallest absolute Gasteiger partial charge is 0.252 e. The van der Waals surface area contributed by atoms with Gasteiger partial charge in [-0.1, -0.05) is 47.6 Å². The van der Waals surface area contributed by atoms with E-state index in [9.17, 15) is 4.79 Å². The fourth-order valence-electron chi connectivity index (χ4n) is 2.08. The standard InChI is InChI=1S/C19H16ClN3O2S/c1-13-7-8-14(11-16(13)20)23-17(24)12-26-19-18(21-9-10-22-19)25-15-5-3-2-4-6-15/h2-11H,12H2,1H3,(H,23,24). The lowest BCUT2D eigenvalue weighted by Gasteiger charge is -2.09. The van der Waals surface area contributed by atoms with Gasteiger partial charge in [0.2, 0.25) is 5.91 Å². The normalized spacial score (nSPS) is 10.4. The maximum Gasteiger partial charge on any atom is 0.252 e. The van der Waals surface area contributed by atoms with Crippen molar-refractivity contribution in [2.75, 3.05) is 11.1 Å². The molecule has 0 saturated carbocycles. The van der Waals surface area contributed by atoms with Gasteiger partial charge in [-0.05, 0) is 36.8 Å². The van der Waals surface area contributed by atoms with Crippen molar-refractivity contribution in [2.24, 2.45) is 0 Å². The average molecular weight is 386 g/mol. The van der Waals surface area contributed by atoms with Crippen molar-refractivity contribution in [3.05, 3.63) is 71.5 Å². The molecule has 1 aromatic heterocycles. The number of aryl methyl sites for hydroxylation is 1. The highest BCUT2D eigenvalue weighted by Gasteiger charge is 2.11. The largest absolute Gasteiger partial charge is 0.437 e. The predicted octanol–water partition coefficient (Wildman–Crippen LogP) is 4.96. The van der Waals surface area contributed by atoms with Gasteiger partial charge < -0.3 is 10.1 Å². The van der Waals surface area contributed by atoms with Crippen LogP contribution >= 0.6 is 23.4 Å². The second-order valence-electron chi connectivity index (χ2n) is 5.38. The Morgan fingerprint density at radius 1 is 1.15 bits per heavy atom. The quantitative estimate of drug-likeness (QED) is 0.607. The Kier molecular flexibility index (Phi) is 6.09. The second kappa shape index (κ2) is 8.69. The molecule has 2 aromatic carbocycles. The molecule has 0 aliphatic heterocycles. The van der Waals surface area contributed by atoms with E-state index in [0.29, 0.717) is 27.4 Å². The monoisotopic (exact) mass is 385 g/mol. The predicted molar refractivity (Wildman–Crippen MR) is 104 cm³/mol. The van der Waals surface area contributed by atoms with Gasteiger partial charge in [0.05, 0.1) is 5.75 Å². The minimum atomic E-state index is -0.161. The highest BCUT2D eigenvalue weighted by molar-refractivity contribution is 8.00. The molecular weight excluding hydrogens is 370 g/mol. The molecule has 7 heteroatoms. The van der Waals surface area contributed by atoms with Crippen LogP contribution in [0.25, 0.3) is 0 Å². The zero-order valence-corrected chi connectivity index (χ0v) is 15.6. The van der Waals surface area contributed by atoms with Gasteiger partial charge >= 0.3 is 0 Å². The van der Waals surface area contributed by atoms with Crippen LogP contribution in [0.15, 0.2) is 66.0 Å². The minimum Gasteiger partial charge on any atom is -0.437 e. The van der Waals surface area contributed by atoms with Crippen LogP contribution in [0.4, 0.5) is 5.69 Å². The molecule has 132 valence electrons. The number of nitrogens with one attached hydrogen (secondary N) is 1. The number of anilines is 1. The van der Waals surface area contributed by atoms with Crippen molar-refractivity contribution < 1.29 is 9.53 Å². The zero-order valence-electron chi connectivity index (χ0n) is 14.0. The molecule has 0 aliphatic carbocycles. The molecule has 3 rings (SSSR count). The van der Waals surface area contributed by atoms with Crippen LogP contribution in [0.5, 0.6) is 11.6 Å². The molecule has 0 bridgehead atoms. The number of halogens is 1. The summed E-state index contributed by atoms with van der Waals surface area (Å²) < 4.78 is 5.75. The lowest BCUT2D eigenvalue weighted by atomic mass is 10.2. The number of carbonyl (C=O) groups is 1. The fourth-order valence-corrected chi connectivity index (χ4v) is 2.96. The van der Waals surface area contributed by atoms with Crippen molar-refractivity contribution >= 4 is 35.0 Å². The maximum atomic E-state index is 12.2. The van der Waals surface area contributed by atoms with E-state index >= 15 is 0 Å². The SMILES string of the molecule is Cc1ccc(NC(=O)CSc2nccnc2Oc2ccccc2)cc1Cl. The van der Waals surface area contributed by atoms with Gasteiger partial charge in [-0.25, -0.2) is 9.97 Å². The van der Waals surface area contributed by atoms with Crippen LogP contribution in [0.2, 0.25) is 5.02 Å². The van der Waals surface area contributed by atoms with Crippen molar-refractivity contribution in [2.45, 2.75) is 11.9 Å². The number of rotatable bonds is 6. The van der Waals surface area contributed by atoms with Crippen LogP contribution in [0.1, 0.15) is 5.56 Å². The molecule has 1 amide bonds. The topological polar surface area (TPSA) is 64.1 Å². The third kappa shape index (κ3) is 4.97. The summed E-state index contributed by atoms with van der Waals surface area (Å²) in [7, 11) is 0. The molecule has 26 heavy (non-hydrogen) atoms. The minimum absolute atomic E-state index is 0.161. The molecule has 5 nitrogen and oxygen atoms in total. The third-order valence-electron chi connectivity index (χ3n) is 3.39. The average Bonchev–Trinajstić information content (AvgIpc) is 2.65. The first-order valence-corrected chi connectivity index (χ1v) is 9.21. The van der Waals surface area contributed by atoms with Gasteiger partial charge in [0.15, 0.2) is 5.03 Å². The van der Waals surface area contributed by atoms with Crippen molar-refractivity contribution in [1.82, 2.24) is 9.97 Å². The number of carbonyl (C=O) groups excluding carboxylic acids is 1. The fraction of sp³-hybridized carbons (Fsp3) is 0.105. The van der Waals surface area contributed by atoms with Gasteiger partial charge in [-0.15, -0.1) is 0 Å². The van der Waals surface area contributed by atoms with Crippen LogP contribution in [-0.4, -0.2) is 21.6 Å². The number of benzene rings is 2. The lowest BCUT2D eigenvalue weighted by molar-refractivity contribution is -0.113. The Morgan fingerprint density at radius 2 is 1.92 bits per heavy atom. The highest BCUT2D eigenvalue weighted by Crippen LogP contribution is 2.28. The van der Waals surface area contributed by atoms with E-state index < -0.39 is 0 Å². The second-order valence-corrected chi connectivity index (χ2v) is 6.75. The van der Waals surface area contributed by atoms with E-state index in [2.05, 4.69) is 15.3 Å². The number of hydrogen-bond donors (Lipinski definition) is 1. The van der Waals surface area contributed by atoms with E-state index in [0.717, 1.165) is 5.56 Å². The van der Waals surface area contributed by atoms with Crippen LogP contribution < -0.4 is 10.1 Å². The van der Waals surface area contributed by atoms with Crippen molar-refractivity contribution in [1.29, 1.82) is 0 Å². The maximum absolute atomic E-state index is 12.2. The van der Waals surface area contributed by atoms with Gasteiger partial charge in [-0.2, -0.15) is 0 Å². The summed E-state index contributed by atoms with van der Waals surface area (Å²) in [6, 6.07) is 14.7. The molecule has 1 N–H and O–H groups in total. The van der Waals surface area contributed by atoms with Gasteiger partial charge in [0.25, 0.3) is 5.88 Å². The highest BCUT2D eigenvalue weighted by atomic mass is 35.5. The Bertz CT molecular complexity index is 906. The molecule has 0 fully saturated rings. The van der Waals surface area contributed by atoms with Gasteiger partial charge in [0.1, 0.15) is 5.75 Å². The summed E-state index contributed by atoms with van der Waals surface area (Å²) in [4.78, 5) is 20.6. The zero-order chi connectivity index (χ0) is 18.4. The Morgan fingerprint density at radius 3 is 2.69 bits per heavy atom. The molecule has 0 aliphatic rings. The van der Waals surface area contributed by atoms with E-state index in [1.165, 1.54) is 11.8 Å². The first-order chi connectivity index (χ1) is 12.6. The van der Waals surface area contributed by atoms with Gasteiger partial charge in [-0.3, -0.25) is 4.79 Å². The summed E-state index contributed by atoms with van der Waals surface area (Å²) in [5, 5.41) is 3.98. The van der Waals surface area contributed by atoms with E-state index in [-0.39, 0.29) is 11.7 Å². The molecular formula is C19H16ClN3O2S. The number of para-hydroxylation sites is 1. The van der Waals surface area contributed by atoms with Crippen molar-refractivity contribution in [3.63, 3.8) is 0 Å². The number of aromatic nitrogens is 2. The third-order valence-corrected chi connectivity index (χ3v) is 4.75. The number of thioether (sulfide) groups is 1. The summed E-state index contributed by atoms with van der Waals surface area (Å²) in [5.41, 5.74) is 1.62. The molecule has 3 aromatic rings. The summed E-state index contributed by atoms with van der Waals surface area (Å²) in [6.45, 7) is 1.91. The molecule has 0 unspecified atom stereocenters. The summed E-state index contributed by atoms with van der Waals surface area (Å²) in [6.07, 6.45) is 3.12. The van der Waals surface area contributed by atoms with Gasteiger partial charge in [0, 0.05) is 23.1 Å². The molecule has 1 heterocycles. The molecule has 0 atom stereocenters. The first kappa shape index (κ1) is 18.2. The Balaban J connectivity index is 1.62. The molecule has 0 saturated heterocycles. The van der Waals surface area contributed by atoms with E-state index in [1.54, 1.807) is 18.5 Å². The van der Waals surface area contributed by atoms with Crippen LogP contribution in [-0.2, 0) is 4.79 Å². The Hall–Kier alpha value is -2.57. The van der Waals surface area contributed by atoms with Crippen molar-refractivity contribution in [3.8, 4) is 11.6 Å². The first-order valence-electron chi connectivity index (χ1n) is 7.84. The summed E-state index contributed by atoms with van der Waals surface area (Å²) >= 11 is 7.33. The number of nitrogens with zero attached hydrogens (tertiary/aromatic N) is 2. The van der Waals surface area contributed by atoms with Crippen LogP contribution in [0.3, 0.4) is 0 Å². The van der Waals surface area contributed by atoms with E-state index in [4.69, 9.17) is 16.3 Å².